The van der Waals surface area contributed by atoms with Gasteiger partial charge in [0.05, 0.1) is 12.2 Å². The van der Waals surface area contributed by atoms with E-state index in [1.54, 1.807) is 5.57 Å². The van der Waals surface area contributed by atoms with Gasteiger partial charge >= 0.3 is 0 Å². The molecule has 0 aromatic heterocycles. The maximum atomic E-state index is 10.1. The number of ether oxygens (including phenoxy) is 1. The normalized spacial score (nSPS) is 36.0. The van der Waals surface area contributed by atoms with Gasteiger partial charge in [-0.05, 0) is 86.0 Å². The molecule has 3 aliphatic rings. The second kappa shape index (κ2) is 12.2. The van der Waals surface area contributed by atoms with Crippen molar-refractivity contribution in [1.82, 2.24) is 0 Å². The maximum Gasteiger partial charge on any atom is 0.0617 e. The van der Waals surface area contributed by atoms with Crippen LogP contribution < -0.4 is 0 Å². The first-order chi connectivity index (χ1) is 15.8. The molecule has 1 unspecified atom stereocenters. The SMILES string of the molecule is C=C1CC[C@H](O)C/C1=C\C=C1/CCC[C@@]2(C)[C@@H]([C@H](C)CCCC(C)C)C(OCCCO)C[C@@H]12. The summed E-state index contributed by atoms with van der Waals surface area (Å²) in [6, 6.07) is 0. The second-order valence-electron chi connectivity index (χ2n) is 11.9. The maximum absolute atomic E-state index is 10.1. The van der Waals surface area contributed by atoms with Gasteiger partial charge in [-0.25, -0.2) is 0 Å². The van der Waals surface area contributed by atoms with Crippen molar-refractivity contribution in [3.63, 3.8) is 0 Å². The molecule has 6 atom stereocenters. The summed E-state index contributed by atoms with van der Waals surface area (Å²) in [6.45, 7) is 14.8. The third kappa shape index (κ3) is 6.61. The fraction of sp³-hybridized carbons (Fsp3) is 0.800. The minimum Gasteiger partial charge on any atom is -0.396 e. The summed E-state index contributed by atoms with van der Waals surface area (Å²) in [7, 11) is 0. The van der Waals surface area contributed by atoms with Crippen LogP contribution in [0.4, 0.5) is 0 Å². The Hall–Kier alpha value is -0.900. The van der Waals surface area contributed by atoms with E-state index in [0.29, 0.717) is 30.5 Å². The fourth-order valence-corrected chi connectivity index (χ4v) is 7.18. The molecular weight excluding hydrogens is 408 g/mol. The van der Waals surface area contributed by atoms with Gasteiger partial charge < -0.3 is 14.9 Å². The molecule has 3 saturated carbocycles. The highest BCUT2D eigenvalue weighted by Gasteiger charge is 2.55. The second-order valence-corrected chi connectivity index (χ2v) is 11.9. The number of aliphatic hydroxyl groups excluding tert-OH is 2. The van der Waals surface area contributed by atoms with Gasteiger partial charge in [0.15, 0.2) is 0 Å². The van der Waals surface area contributed by atoms with E-state index >= 15 is 0 Å². The predicted molar refractivity (Wildman–Crippen MR) is 138 cm³/mol. The van der Waals surface area contributed by atoms with Crippen LogP contribution in [0.3, 0.4) is 0 Å². The summed E-state index contributed by atoms with van der Waals surface area (Å²) < 4.78 is 6.49. The van der Waals surface area contributed by atoms with Crippen LogP contribution in [0.25, 0.3) is 0 Å². The lowest BCUT2D eigenvalue weighted by Crippen LogP contribution is -2.39. The largest absolute Gasteiger partial charge is 0.396 e. The lowest BCUT2D eigenvalue weighted by molar-refractivity contribution is -0.0269. The molecular formula is C30H50O3. The van der Waals surface area contributed by atoms with E-state index in [1.807, 2.05) is 0 Å². The molecule has 3 nitrogen and oxygen atoms in total. The van der Waals surface area contributed by atoms with Crippen molar-refractivity contribution in [2.45, 2.75) is 111 Å². The molecule has 3 heteroatoms. The van der Waals surface area contributed by atoms with E-state index in [0.717, 1.165) is 38.0 Å². The average Bonchev–Trinajstić information content (AvgIpc) is 3.06. The zero-order valence-electron chi connectivity index (χ0n) is 21.8. The molecule has 3 rings (SSSR count). The molecule has 0 aliphatic heterocycles. The molecule has 0 aromatic carbocycles. The highest BCUT2D eigenvalue weighted by atomic mass is 16.5. The van der Waals surface area contributed by atoms with E-state index < -0.39 is 0 Å². The van der Waals surface area contributed by atoms with Gasteiger partial charge in [0.2, 0.25) is 0 Å². The molecule has 0 aromatic rings. The third-order valence-electron chi connectivity index (χ3n) is 8.93. The smallest absolute Gasteiger partial charge is 0.0617 e. The molecule has 0 saturated heterocycles. The van der Waals surface area contributed by atoms with Crippen LogP contribution in [0.15, 0.2) is 35.5 Å². The van der Waals surface area contributed by atoms with Crippen LogP contribution in [-0.2, 0) is 4.74 Å². The predicted octanol–water partition coefficient (Wildman–Crippen LogP) is 7.00. The number of fused-ring (bicyclic) bond motifs is 1. The zero-order chi connectivity index (χ0) is 24.0. The van der Waals surface area contributed by atoms with Gasteiger partial charge in [0.1, 0.15) is 0 Å². The Morgan fingerprint density at radius 1 is 1.15 bits per heavy atom. The Morgan fingerprint density at radius 2 is 1.94 bits per heavy atom. The van der Waals surface area contributed by atoms with Gasteiger partial charge in [-0.1, -0.05) is 76.8 Å². The number of allylic oxidation sites excluding steroid dienone is 4. The van der Waals surface area contributed by atoms with Gasteiger partial charge in [-0.2, -0.15) is 0 Å². The molecule has 0 heterocycles. The quantitative estimate of drug-likeness (QED) is 0.347. The standard InChI is InChI=1S/C30H50O3/c1-21(2)9-6-10-23(4)29-28(33-18-8-17-31)20-27-24(11-7-16-30(27,29)5)13-14-25-19-26(32)15-12-22(25)3/h13-14,21,23,26-29,31-32H,3,6-12,15-20H2,1-2,4-5H3/b24-13+,25-14+/t23-,26+,27+,28?,29+,30-/m1/s1. The molecule has 2 N–H and O–H groups in total. The summed E-state index contributed by atoms with van der Waals surface area (Å²) >= 11 is 0. The molecule has 3 aliphatic carbocycles. The van der Waals surface area contributed by atoms with E-state index in [4.69, 9.17) is 4.74 Å². The highest BCUT2D eigenvalue weighted by molar-refractivity contribution is 5.36. The summed E-state index contributed by atoms with van der Waals surface area (Å²) in [5, 5.41) is 19.4. The molecule has 188 valence electrons. The van der Waals surface area contributed by atoms with Crippen molar-refractivity contribution >= 4 is 0 Å². The van der Waals surface area contributed by atoms with Crippen LogP contribution in [-0.4, -0.2) is 35.6 Å². The van der Waals surface area contributed by atoms with Crippen LogP contribution in [0, 0.1) is 29.1 Å². The first-order valence-electron chi connectivity index (χ1n) is 13.7. The van der Waals surface area contributed by atoms with Crippen molar-refractivity contribution in [3.05, 3.63) is 35.5 Å². The number of hydrogen-bond donors (Lipinski definition) is 2. The minimum atomic E-state index is -0.219. The Labute approximate surface area is 203 Å². The molecule has 3 fully saturated rings. The molecule has 33 heavy (non-hydrogen) atoms. The van der Waals surface area contributed by atoms with Crippen LogP contribution in [0.5, 0.6) is 0 Å². The average molecular weight is 459 g/mol. The lowest BCUT2D eigenvalue weighted by Gasteiger charge is -2.45. The van der Waals surface area contributed by atoms with Crippen molar-refractivity contribution in [2.75, 3.05) is 13.2 Å². The Bertz CT molecular complexity index is 705. The van der Waals surface area contributed by atoms with Gasteiger partial charge in [-0.15, -0.1) is 0 Å². The highest BCUT2D eigenvalue weighted by Crippen LogP contribution is 2.60. The fourth-order valence-electron chi connectivity index (χ4n) is 7.18. The van der Waals surface area contributed by atoms with Crippen LogP contribution in [0.2, 0.25) is 0 Å². The molecule has 0 bridgehead atoms. The van der Waals surface area contributed by atoms with Crippen LogP contribution in [0.1, 0.15) is 98.3 Å². The topological polar surface area (TPSA) is 49.7 Å². The van der Waals surface area contributed by atoms with E-state index in [9.17, 15) is 10.2 Å². The van der Waals surface area contributed by atoms with E-state index in [2.05, 4.69) is 46.4 Å². The first kappa shape index (κ1) is 26.7. The number of aliphatic hydroxyl groups is 2. The van der Waals surface area contributed by atoms with Crippen molar-refractivity contribution in [2.24, 2.45) is 29.1 Å². The van der Waals surface area contributed by atoms with Crippen molar-refractivity contribution in [3.8, 4) is 0 Å². The molecule has 0 spiro atoms. The lowest BCUT2D eigenvalue weighted by atomic mass is 9.60. The minimum absolute atomic E-state index is 0.205. The Morgan fingerprint density at radius 3 is 2.67 bits per heavy atom. The third-order valence-corrected chi connectivity index (χ3v) is 8.93. The zero-order valence-corrected chi connectivity index (χ0v) is 21.8. The monoisotopic (exact) mass is 458 g/mol. The van der Waals surface area contributed by atoms with Crippen molar-refractivity contribution in [1.29, 1.82) is 0 Å². The Balaban J connectivity index is 1.81. The van der Waals surface area contributed by atoms with E-state index in [-0.39, 0.29) is 18.1 Å². The van der Waals surface area contributed by atoms with Gasteiger partial charge in [-0.3, -0.25) is 0 Å². The molecule has 0 radical (unpaired) electrons. The Kier molecular flexibility index (Phi) is 9.85. The summed E-state index contributed by atoms with van der Waals surface area (Å²) in [5.41, 5.74) is 4.30. The van der Waals surface area contributed by atoms with E-state index in [1.165, 1.54) is 49.7 Å². The van der Waals surface area contributed by atoms with Crippen LogP contribution >= 0.6 is 0 Å². The summed E-state index contributed by atoms with van der Waals surface area (Å²) in [6.07, 6.45) is 16.7. The van der Waals surface area contributed by atoms with Crippen molar-refractivity contribution < 1.29 is 14.9 Å². The van der Waals surface area contributed by atoms with Gasteiger partial charge in [0, 0.05) is 13.2 Å². The molecule has 0 amide bonds. The number of rotatable bonds is 10. The van der Waals surface area contributed by atoms with Gasteiger partial charge in [0.25, 0.3) is 0 Å². The first-order valence-corrected chi connectivity index (χ1v) is 13.7. The summed E-state index contributed by atoms with van der Waals surface area (Å²) in [5.74, 6) is 2.58. The summed E-state index contributed by atoms with van der Waals surface area (Å²) in [4.78, 5) is 0. The number of hydrogen-bond acceptors (Lipinski definition) is 3.